The Kier molecular flexibility index (Phi) is 5.39. The molecule has 0 radical (unpaired) electrons. The van der Waals surface area contributed by atoms with Gasteiger partial charge in [0.1, 0.15) is 5.54 Å². The van der Waals surface area contributed by atoms with Crippen LogP contribution in [0.3, 0.4) is 0 Å². The standard InChI is InChI=1S/C17H29N3O4S/c1-2-10-19(14-7-11-25(23,24)12-14)13-20-15(21)17(18-16(20)22)8-5-3-4-6-9-17/h14H,2-13H2,1H3,(H,18,22). The Hall–Kier alpha value is -1.15. The molecule has 0 aromatic rings. The lowest BCUT2D eigenvalue weighted by Crippen LogP contribution is -2.49. The molecule has 1 unspecified atom stereocenters. The monoisotopic (exact) mass is 371 g/mol. The number of imide groups is 1. The van der Waals surface area contributed by atoms with E-state index in [1.165, 1.54) is 4.90 Å². The van der Waals surface area contributed by atoms with E-state index in [0.717, 1.165) is 32.1 Å². The highest BCUT2D eigenvalue weighted by molar-refractivity contribution is 7.91. The van der Waals surface area contributed by atoms with Crippen LogP contribution >= 0.6 is 0 Å². The number of amides is 3. The Bertz CT molecular complexity index is 626. The number of nitrogens with one attached hydrogen (secondary N) is 1. The highest BCUT2D eigenvalue weighted by Crippen LogP contribution is 2.33. The van der Waals surface area contributed by atoms with E-state index in [1.807, 2.05) is 11.8 Å². The molecule has 0 bridgehead atoms. The van der Waals surface area contributed by atoms with Crippen molar-refractivity contribution in [3.8, 4) is 0 Å². The second kappa shape index (κ2) is 7.23. The van der Waals surface area contributed by atoms with Gasteiger partial charge in [0.2, 0.25) is 0 Å². The van der Waals surface area contributed by atoms with Crippen LogP contribution in [0.15, 0.2) is 0 Å². The zero-order valence-corrected chi connectivity index (χ0v) is 15.8. The average Bonchev–Trinajstić information content (AvgIpc) is 2.89. The zero-order valence-electron chi connectivity index (χ0n) is 15.0. The SMILES string of the molecule is CCCN(CN1C(=O)NC2(CCCCCC2)C1=O)C1CCS(=O)(=O)C1. The fraction of sp³-hybridized carbons (Fsp3) is 0.882. The normalized spacial score (nSPS) is 28.6. The summed E-state index contributed by atoms with van der Waals surface area (Å²) >= 11 is 0. The Morgan fingerprint density at radius 3 is 2.44 bits per heavy atom. The lowest BCUT2D eigenvalue weighted by Gasteiger charge is -2.31. The van der Waals surface area contributed by atoms with Crippen molar-refractivity contribution in [1.82, 2.24) is 15.1 Å². The predicted molar refractivity (Wildman–Crippen MR) is 94.7 cm³/mol. The molecule has 3 aliphatic rings. The van der Waals surface area contributed by atoms with Gasteiger partial charge >= 0.3 is 6.03 Å². The fourth-order valence-electron chi connectivity index (χ4n) is 4.38. The van der Waals surface area contributed by atoms with Gasteiger partial charge in [0.25, 0.3) is 5.91 Å². The van der Waals surface area contributed by atoms with E-state index >= 15 is 0 Å². The first-order valence-electron chi connectivity index (χ1n) is 9.45. The molecule has 7 nitrogen and oxygen atoms in total. The van der Waals surface area contributed by atoms with Crippen molar-refractivity contribution < 1.29 is 18.0 Å². The smallest absolute Gasteiger partial charge is 0.323 e. The maximum atomic E-state index is 13.0. The molecule has 0 aromatic carbocycles. The lowest BCUT2D eigenvalue weighted by atomic mass is 9.90. The molecule has 2 saturated heterocycles. The Balaban J connectivity index is 1.73. The van der Waals surface area contributed by atoms with Gasteiger partial charge in [-0.2, -0.15) is 0 Å². The van der Waals surface area contributed by atoms with Gasteiger partial charge in [-0.25, -0.2) is 18.1 Å². The molecule has 0 aromatic heterocycles. The van der Waals surface area contributed by atoms with Gasteiger partial charge in [0.05, 0.1) is 18.2 Å². The van der Waals surface area contributed by atoms with Gasteiger partial charge in [0.15, 0.2) is 9.84 Å². The third kappa shape index (κ3) is 3.84. The second-order valence-corrected chi connectivity index (χ2v) is 9.90. The molecule has 3 amide bonds. The number of sulfone groups is 1. The molecule has 3 fully saturated rings. The van der Waals surface area contributed by atoms with E-state index in [2.05, 4.69) is 5.32 Å². The van der Waals surface area contributed by atoms with Crippen molar-refractivity contribution in [2.75, 3.05) is 24.7 Å². The molecule has 1 N–H and O–H groups in total. The van der Waals surface area contributed by atoms with Gasteiger partial charge in [0, 0.05) is 6.04 Å². The van der Waals surface area contributed by atoms with Crippen LogP contribution in [0.4, 0.5) is 4.79 Å². The first-order chi connectivity index (χ1) is 11.9. The molecular formula is C17H29N3O4S. The molecule has 25 heavy (non-hydrogen) atoms. The van der Waals surface area contributed by atoms with Crippen molar-refractivity contribution in [2.24, 2.45) is 0 Å². The summed E-state index contributed by atoms with van der Waals surface area (Å²) in [6, 6.07) is -0.426. The summed E-state index contributed by atoms with van der Waals surface area (Å²) in [6.07, 6.45) is 6.97. The van der Waals surface area contributed by atoms with E-state index in [1.54, 1.807) is 0 Å². The minimum atomic E-state index is -3.00. The van der Waals surface area contributed by atoms with Crippen LogP contribution < -0.4 is 5.32 Å². The van der Waals surface area contributed by atoms with E-state index in [-0.39, 0.29) is 36.2 Å². The third-order valence-electron chi connectivity index (χ3n) is 5.76. The molecule has 142 valence electrons. The summed E-state index contributed by atoms with van der Waals surface area (Å²) in [7, 11) is -3.00. The van der Waals surface area contributed by atoms with Gasteiger partial charge in [-0.1, -0.05) is 32.6 Å². The zero-order chi connectivity index (χ0) is 18.1. The molecule has 2 heterocycles. The molecular weight excluding hydrogens is 342 g/mol. The first kappa shape index (κ1) is 18.6. The van der Waals surface area contributed by atoms with Gasteiger partial charge < -0.3 is 5.32 Å². The van der Waals surface area contributed by atoms with Crippen molar-refractivity contribution in [1.29, 1.82) is 0 Å². The maximum Gasteiger partial charge on any atom is 0.326 e. The van der Waals surface area contributed by atoms with Crippen LogP contribution in [-0.2, 0) is 14.6 Å². The van der Waals surface area contributed by atoms with Crippen LogP contribution in [0.25, 0.3) is 0 Å². The number of carbonyl (C=O) groups is 2. The molecule has 1 saturated carbocycles. The first-order valence-corrected chi connectivity index (χ1v) is 11.3. The van der Waals surface area contributed by atoms with Crippen molar-refractivity contribution in [3.63, 3.8) is 0 Å². The minimum Gasteiger partial charge on any atom is -0.323 e. The predicted octanol–water partition coefficient (Wildman–Crippen LogP) is 1.49. The summed E-state index contributed by atoms with van der Waals surface area (Å²) < 4.78 is 23.6. The molecule has 1 spiro atoms. The summed E-state index contributed by atoms with van der Waals surface area (Å²) in [5.74, 6) is 0.199. The molecule has 8 heteroatoms. The maximum absolute atomic E-state index is 13.0. The number of urea groups is 1. The lowest BCUT2D eigenvalue weighted by molar-refractivity contribution is -0.133. The van der Waals surface area contributed by atoms with Crippen LogP contribution in [0.1, 0.15) is 58.3 Å². The summed E-state index contributed by atoms with van der Waals surface area (Å²) in [5, 5.41) is 2.96. The average molecular weight is 372 g/mol. The van der Waals surface area contributed by atoms with E-state index in [0.29, 0.717) is 25.8 Å². The topological polar surface area (TPSA) is 86.8 Å². The Labute approximate surface area is 150 Å². The molecule has 2 aliphatic heterocycles. The van der Waals surface area contributed by atoms with Gasteiger partial charge in [-0.05, 0) is 32.2 Å². The van der Waals surface area contributed by atoms with Gasteiger partial charge in [-0.3, -0.25) is 9.69 Å². The van der Waals surface area contributed by atoms with Crippen LogP contribution in [0, 0.1) is 0 Å². The fourth-order valence-corrected chi connectivity index (χ4v) is 6.14. The van der Waals surface area contributed by atoms with E-state index in [9.17, 15) is 18.0 Å². The van der Waals surface area contributed by atoms with E-state index in [4.69, 9.17) is 0 Å². The van der Waals surface area contributed by atoms with E-state index < -0.39 is 15.4 Å². The minimum absolute atomic E-state index is 0.101. The van der Waals surface area contributed by atoms with Crippen molar-refractivity contribution in [3.05, 3.63) is 0 Å². The quantitative estimate of drug-likeness (QED) is 0.740. The summed E-state index contributed by atoms with van der Waals surface area (Å²) in [6.45, 7) is 2.90. The number of nitrogens with zero attached hydrogens (tertiary/aromatic N) is 2. The van der Waals surface area contributed by atoms with Crippen LogP contribution in [0.2, 0.25) is 0 Å². The van der Waals surface area contributed by atoms with Crippen LogP contribution in [0.5, 0.6) is 0 Å². The number of rotatable bonds is 5. The van der Waals surface area contributed by atoms with Crippen molar-refractivity contribution in [2.45, 2.75) is 69.9 Å². The Morgan fingerprint density at radius 1 is 1.20 bits per heavy atom. The highest BCUT2D eigenvalue weighted by atomic mass is 32.2. The number of carbonyl (C=O) groups excluding carboxylic acids is 2. The molecule has 3 rings (SSSR count). The van der Waals surface area contributed by atoms with Crippen LogP contribution in [-0.4, -0.2) is 66.5 Å². The second-order valence-electron chi connectivity index (χ2n) is 7.67. The largest absolute Gasteiger partial charge is 0.326 e. The number of hydrogen-bond acceptors (Lipinski definition) is 5. The summed E-state index contributed by atoms with van der Waals surface area (Å²) in [5.41, 5.74) is -0.729. The Morgan fingerprint density at radius 2 is 1.88 bits per heavy atom. The molecule has 1 atom stereocenters. The number of hydrogen-bond donors (Lipinski definition) is 1. The van der Waals surface area contributed by atoms with Crippen molar-refractivity contribution >= 4 is 21.8 Å². The summed E-state index contributed by atoms with van der Waals surface area (Å²) in [4.78, 5) is 28.8. The third-order valence-corrected chi connectivity index (χ3v) is 7.51. The molecule has 1 aliphatic carbocycles. The van der Waals surface area contributed by atoms with Gasteiger partial charge in [-0.15, -0.1) is 0 Å². The highest BCUT2D eigenvalue weighted by Gasteiger charge is 2.51.